The van der Waals surface area contributed by atoms with Gasteiger partial charge < -0.3 is 15.1 Å². The summed E-state index contributed by atoms with van der Waals surface area (Å²) in [6.45, 7) is -0.0821. The summed E-state index contributed by atoms with van der Waals surface area (Å²) >= 11 is 3.25. The molecule has 0 saturated carbocycles. The van der Waals surface area contributed by atoms with Gasteiger partial charge in [-0.2, -0.15) is 0 Å². The number of carboxylic acid groups (broad SMARTS) is 2. The summed E-state index contributed by atoms with van der Waals surface area (Å²) in [6.07, 6.45) is -0.157. The molecule has 1 aromatic rings. The molecule has 1 fully saturated rings. The van der Waals surface area contributed by atoms with Gasteiger partial charge in [-0.3, -0.25) is 9.59 Å². The zero-order valence-electron chi connectivity index (χ0n) is 10.3. The molecule has 2 atom stereocenters. The van der Waals surface area contributed by atoms with Gasteiger partial charge in [-0.1, -0.05) is 28.1 Å². The molecule has 2 unspecified atom stereocenters. The molecule has 1 aliphatic heterocycles. The lowest BCUT2D eigenvalue weighted by atomic mass is 10.1. The molecule has 2 N–H and O–H groups in total. The third-order valence-electron chi connectivity index (χ3n) is 3.24. The number of amides is 1. The van der Waals surface area contributed by atoms with Crippen molar-refractivity contribution in [3.8, 4) is 0 Å². The van der Waals surface area contributed by atoms with Crippen LogP contribution in [0, 0.1) is 5.92 Å². The van der Waals surface area contributed by atoms with E-state index in [4.69, 9.17) is 5.11 Å². The van der Waals surface area contributed by atoms with Crippen molar-refractivity contribution in [1.29, 1.82) is 0 Å². The van der Waals surface area contributed by atoms with E-state index >= 15 is 0 Å². The van der Waals surface area contributed by atoms with E-state index in [0.29, 0.717) is 5.56 Å². The third kappa shape index (κ3) is 2.82. The van der Waals surface area contributed by atoms with Gasteiger partial charge in [0.1, 0.15) is 0 Å². The fourth-order valence-corrected chi connectivity index (χ4v) is 2.51. The Morgan fingerprint density at radius 2 is 1.85 bits per heavy atom. The molecule has 20 heavy (non-hydrogen) atoms. The molecule has 0 spiro atoms. The average molecular weight is 342 g/mol. The highest BCUT2D eigenvalue weighted by atomic mass is 79.9. The van der Waals surface area contributed by atoms with Crippen LogP contribution in [0.4, 0.5) is 0 Å². The topological polar surface area (TPSA) is 94.9 Å². The third-order valence-corrected chi connectivity index (χ3v) is 3.77. The van der Waals surface area contributed by atoms with Crippen LogP contribution in [0.5, 0.6) is 0 Å². The number of nitrogens with zero attached hydrogens (tertiary/aromatic N) is 1. The summed E-state index contributed by atoms with van der Waals surface area (Å²) < 4.78 is 0.793. The van der Waals surface area contributed by atoms with Crippen LogP contribution in [-0.4, -0.2) is 39.5 Å². The smallest absolute Gasteiger partial charge is 0.331 e. The van der Waals surface area contributed by atoms with Crippen LogP contribution in [-0.2, 0) is 14.4 Å². The normalized spacial score (nSPS) is 19.9. The first-order valence-electron chi connectivity index (χ1n) is 5.90. The van der Waals surface area contributed by atoms with Crippen LogP contribution in [0.15, 0.2) is 28.7 Å². The minimum atomic E-state index is -1.17. The van der Waals surface area contributed by atoms with E-state index in [1.54, 1.807) is 24.3 Å². The second-order valence-corrected chi connectivity index (χ2v) is 5.49. The maximum absolute atomic E-state index is 11.9. The van der Waals surface area contributed by atoms with E-state index in [-0.39, 0.29) is 13.0 Å². The molecule has 2 rings (SSSR count). The summed E-state index contributed by atoms with van der Waals surface area (Å²) in [4.78, 5) is 35.4. The number of carbonyl (C=O) groups is 3. The molecule has 7 heteroatoms. The van der Waals surface area contributed by atoms with Crippen molar-refractivity contribution < 1.29 is 24.6 Å². The monoisotopic (exact) mass is 341 g/mol. The lowest BCUT2D eigenvalue weighted by Crippen LogP contribution is -2.35. The number of likely N-dealkylation sites (tertiary alicyclic amines) is 1. The van der Waals surface area contributed by atoms with Crippen molar-refractivity contribution in [1.82, 2.24) is 4.90 Å². The van der Waals surface area contributed by atoms with E-state index in [9.17, 15) is 19.5 Å². The average Bonchev–Trinajstić information content (AvgIpc) is 2.74. The van der Waals surface area contributed by atoms with Crippen LogP contribution in [0.2, 0.25) is 0 Å². The Morgan fingerprint density at radius 1 is 1.25 bits per heavy atom. The lowest BCUT2D eigenvalue weighted by molar-refractivity contribution is -0.149. The highest BCUT2D eigenvalue weighted by Crippen LogP contribution is 2.29. The molecule has 6 nitrogen and oxygen atoms in total. The van der Waals surface area contributed by atoms with Crippen LogP contribution in [0.25, 0.3) is 0 Å². The number of carbonyl (C=O) groups excluding carboxylic acids is 1. The SMILES string of the molecule is O=C(O)C1CC(=O)N(C(C(=O)O)c2ccc(Br)cc2)C1. The van der Waals surface area contributed by atoms with E-state index in [0.717, 1.165) is 9.37 Å². The zero-order chi connectivity index (χ0) is 14.9. The number of aliphatic carboxylic acids is 2. The Morgan fingerprint density at radius 3 is 2.30 bits per heavy atom. The maximum Gasteiger partial charge on any atom is 0.331 e. The van der Waals surface area contributed by atoms with Crippen LogP contribution < -0.4 is 0 Å². The molecule has 1 saturated heterocycles. The second kappa shape index (κ2) is 5.62. The zero-order valence-corrected chi connectivity index (χ0v) is 11.9. The van der Waals surface area contributed by atoms with Gasteiger partial charge in [-0.05, 0) is 17.7 Å². The number of halogens is 1. The van der Waals surface area contributed by atoms with Crippen molar-refractivity contribution in [3.05, 3.63) is 34.3 Å². The number of benzene rings is 1. The molecule has 0 aromatic heterocycles. The number of hydrogen-bond donors (Lipinski definition) is 2. The van der Waals surface area contributed by atoms with E-state index in [2.05, 4.69) is 15.9 Å². The summed E-state index contributed by atoms with van der Waals surface area (Å²) in [7, 11) is 0. The maximum atomic E-state index is 11.9. The fourth-order valence-electron chi connectivity index (χ4n) is 2.25. The van der Waals surface area contributed by atoms with Crippen molar-refractivity contribution in [3.63, 3.8) is 0 Å². The van der Waals surface area contributed by atoms with E-state index in [1.165, 1.54) is 0 Å². The summed E-state index contributed by atoms with van der Waals surface area (Å²) in [5.74, 6) is -3.56. The number of rotatable bonds is 4. The quantitative estimate of drug-likeness (QED) is 0.865. The summed E-state index contributed by atoms with van der Waals surface area (Å²) in [6, 6.07) is 5.41. The Kier molecular flexibility index (Phi) is 4.08. The highest BCUT2D eigenvalue weighted by molar-refractivity contribution is 9.10. The van der Waals surface area contributed by atoms with Crippen molar-refractivity contribution in [2.45, 2.75) is 12.5 Å². The Hall–Kier alpha value is -1.89. The first-order valence-corrected chi connectivity index (χ1v) is 6.70. The van der Waals surface area contributed by atoms with Crippen molar-refractivity contribution >= 4 is 33.8 Å². The first kappa shape index (κ1) is 14.5. The Labute approximate surface area is 123 Å². The standard InChI is InChI=1S/C13H12BrNO5/c14-9-3-1-7(2-4-9)11(13(19)20)15-6-8(12(17)18)5-10(15)16/h1-4,8,11H,5-6H2,(H,17,18)(H,19,20). The van der Waals surface area contributed by atoms with Crippen LogP contribution in [0.1, 0.15) is 18.0 Å². The first-order chi connectivity index (χ1) is 9.40. The molecule has 0 aliphatic carbocycles. The molecule has 1 heterocycles. The summed E-state index contributed by atoms with van der Waals surface area (Å²) in [5.41, 5.74) is 0.445. The van der Waals surface area contributed by atoms with E-state index in [1.807, 2.05) is 0 Å². The fraction of sp³-hybridized carbons (Fsp3) is 0.308. The predicted octanol–water partition coefficient (Wildman–Crippen LogP) is 1.51. The minimum Gasteiger partial charge on any atom is -0.481 e. The van der Waals surface area contributed by atoms with Gasteiger partial charge in [0.25, 0.3) is 0 Å². The number of carboxylic acids is 2. The van der Waals surface area contributed by atoms with Gasteiger partial charge in [0.15, 0.2) is 6.04 Å². The van der Waals surface area contributed by atoms with Crippen LogP contribution in [0.3, 0.4) is 0 Å². The molecule has 0 radical (unpaired) electrons. The molecule has 1 amide bonds. The lowest BCUT2D eigenvalue weighted by Gasteiger charge is -2.24. The number of hydrogen-bond acceptors (Lipinski definition) is 3. The second-order valence-electron chi connectivity index (χ2n) is 4.58. The minimum absolute atomic E-state index is 0.0821. The summed E-state index contributed by atoms with van der Waals surface area (Å²) in [5, 5.41) is 18.3. The molecule has 1 aliphatic rings. The van der Waals surface area contributed by atoms with Crippen molar-refractivity contribution in [2.75, 3.05) is 6.54 Å². The Balaban J connectivity index is 2.30. The van der Waals surface area contributed by atoms with Gasteiger partial charge >= 0.3 is 11.9 Å². The molecular formula is C13H12BrNO5. The largest absolute Gasteiger partial charge is 0.481 e. The Bertz CT molecular complexity index is 556. The van der Waals surface area contributed by atoms with Crippen LogP contribution >= 0.6 is 15.9 Å². The van der Waals surface area contributed by atoms with Gasteiger partial charge in [-0.15, -0.1) is 0 Å². The molecular weight excluding hydrogens is 330 g/mol. The molecule has 1 aromatic carbocycles. The van der Waals surface area contributed by atoms with Gasteiger partial charge in [0.2, 0.25) is 5.91 Å². The van der Waals surface area contributed by atoms with Crippen molar-refractivity contribution in [2.24, 2.45) is 5.92 Å². The predicted molar refractivity (Wildman–Crippen MR) is 72.0 cm³/mol. The molecule has 106 valence electrons. The highest BCUT2D eigenvalue weighted by Gasteiger charge is 2.41. The van der Waals surface area contributed by atoms with Gasteiger partial charge in [0, 0.05) is 17.4 Å². The van der Waals surface area contributed by atoms with Gasteiger partial charge in [-0.25, -0.2) is 4.79 Å². The van der Waals surface area contributed by atoms with Gasteiger partial charge in [0.05, 0.1) is 5.92 Å². The van der Waals surface area contributed by atoms with E-state index < -0.39 is 29.8 Å². The molecule has 0 bridgehead atoms.